The van der Waals surface area contributed by atoms with Crippen molar-refractivity contribution in [3.8, 4) is 0 Å². The standard InChI is InChI=1S/C19H29N3O2/c1-24-14-13-20-10-6-16(15-20)18(23)22-12-11-21-9-4-5-17(21)19(22)7-2-3-8-19/h4-5,9,16H,2-3,6-8,10-15H2,1H3. The number of likely N-dealkylation sites (tertiary alicyclic amines) is 1. The first-order valence-electron chi connectivity index (χ1n) is 9.43. The Labute approximate surface area is 144 Å². The van der Waals surface area contributed by atoms with E-state index in [1.807, 2.05) is 0 Å². The van der Waals surface area contributed by atoms with Gasteiger partial charge >= 0.3 is 0 Å². The van der Waals surface area contributed by atoms with Crippen molar-refractivity contribution >= 4 is 5.91 Å². The van der Waals surface area contributed by atoms with Crippen molar-refractivity contribution in [2.75, 3.05) is 39.9 Å². The van der Waals surface area contributed by atoms with Gasteiger partial charge in [0, 0.05) is 45.2 Å². The molecule has 132 valence electrons. The molecule has 2 fully saturated rings. The summed E-state index contributed by atoms with van der Waals surface area (Å²) in [6.45, 7) is 5.42. The molecule has 1 unspecified atom stereocenters. The molecule has 0 radical (unpaired) electrons. The lowest BCUT2D eigenvalue weighted by Crippen LogP contribution is -2.55. The van der Waals surface area contributed by atoms with Crippen LogP contribution in [-0.4, -0.2) is 60.2 Å². The molecule has 1 atom stereocenters. The minimum atomic E-state index is -0.0290. The van der Waals surface area contributed by atoms with Crippen LogP contribution in [0.2, 0.25) is 0 Å². The Bertz CT molecular complexity index is 591. The van der Waals surface area contributed by atoms with Gasteiger partial charge in [0.25, 0.3) is 0 Å². The van der Waals surface area contributed by atoms with E-state index >= 15 is 0 Å². The predicted molar refractivity (Wildman–Crippen MR) is 92.7 cm³/mol. The number of fused-ring (bicyclic) bond motifs is 2. The van der Waals surface area contributed by atoms with Crippen LogP contribution in [0.5, 0.6) is 0 Å². The minimum absolute atomic E-state index is 0.0290. The van der Waals surface area contributed by atoms with Crippen molar-refractivity contribution < 1.29 is 9.53 Å². The number of amides is 1. The fourth-order valence-electron chi connectivity index (χ4n) is 5.08. The third-order valence-electron chi connectivity index (χ3n) is 6.32. The van der Waals surface area contributed by atoms with Gasteiger partial charge in [0.05, 0.1) is 18.1 Å². The maximum Gasteiger partial charge on any atom is 0.227 e. The molecule has 24 heavy (non-hydrogen) atoms. The van der Waals surface area contributed by atoms with Gasteiger partial charge in [0.2, 0.25) is 5.91 Å². The number of hydrogen-bond acceptors (Lipinski definition) is 3. The van der Waals surface area contributed by atoms with E-state index in [0.717, 1.165) is 58.6 Å². The quantitative estimate of drug-likeness (QED) is 0.848. The Balaban J connectivity index is 1.52. The fourth-order valence-corrected chi connectivity index (χ4v) is 5.08. The Hall–Kier alpha value is -1.33. The van der Waals surface area contributed by atoms with Crippen molar-refractivity contribution in [3.63, 3.8) is 0 Å². The molecule has 1 aliphatic carbocycles. The zero-order valence-corrected chi connectivity index (χ0v) is 14.7. The summed E-state index contributed by atoms with van der Waals surface area (Å²) in [5.41, 5.74) is 1.34. The molecule has 1 saturated carbocycles. The number of hydrogen-bond donors (Lipinski definition) is 0. The molecule has 0 N–H and O–H groups in total. The van der Waals surface area contributed by atoms with Crippen LogP contribution < -0.4 is 0 Å². The number of ether oxygens (including phenoxy) is 1. The van der Waals surface area contributed by atoms with Crippen LogP contribution in [0.25, 0.3) is 0 Å². The summed E-state index contributed by atoms with van der Waals surface area (Å²) in [7, 11) is 1.74. The first-order valence-corrected chi connectivity index (χ1v) is 9.43. The monoisotopic (exact) mass is 331 g/mol. The first kappa shape index (κ1) is 16.2. The molecule has 3 aliphatic rings. The van der Waals surface area contributed by atoms with E-state index in [4.69, 9.17) is 4.74 Å². The molecular formula is C19H29N3O2. The Morgan fingerprint density at radius 2 is 2.12 bits per heavy atom. The third kappa shape index (κ3) is 2.58. The molecule has 5 heteroatoms. The lowest BCUT2D eigenvalue weighted by molar-refractivity contribution is -0.144. The van der Waals surface area contributed by atoms with Crippen LogP contribution in [0.4, 0.5) is 0 Å². The molecule has 1 aromatic rings. The van der Waals surface area contributed by atoms with Gasteiger partial charge in [-0.2, -0.15) is 0 Å². The molecule has 1 saturated heterocycles. The van der Waals surface area contributed by atoms with E-state index in [0.29, 0.717) is 5.91 Å². The fraction of sp³-hybridized carbons (Fsp3) is 0.737. The second-order valence-electron chi connectivity index (χ2n) is 7.59. The Kier molecular flexibility index (Phi) is 4.39. The lowest BCUT2D eigenvalue weighted by Gasteiger charge is -2.46. The van der Waals surface area contributed by atoms with E-state index < -0.39 is 0 Å². The van der Waals surface area contributed by atoms with Crippen LogP contribution in [0.1, 0.15) is 37.8 Å². The summed E-state index contributed by atoms with van der Waals surface area (Å²) >= 11 is 0. The topological polar surface area (TPSA) is 37.7 Å². The van der Waals surface area contributed by atoms with Crippen molar-refractivity contribution in [3.05, 3.63) is 24.0 Å². The van der Waals surface area contributed by atoms with Crippen LogP contribution in [0.15, 0.2) is 18.3 Å². The van der Waals surface area contributed by atoms with Crippen LogP contribution in [0, 0.1) is 5.92 Å². The SMILES string of the molecule is COCCN1CCC(C(=O)N2CCn3cccc3C23CCCC3)C1. The molecule has 2 aliphatic heterocycles. The molecule has 1 aromatic heterocycles. The maximum atomic E-state index is 13.4. The summed E-state index contributed by atoms with van der Waals surface area (Å²) in [5, 5.41) is 0. The van der Waals surface area contributed by atoms with E-state index in [1.54, 1.807) is 7.11 Å². The second-order valence-corrected chi connectivity index (χ2v) is 7.59. The third-order valence-corrected chi connectivity index (χ3v) is 6.32. The summed E-state index contributed by atoms with van der Waals surface area (Å²) in [6.07, 6.45) is 7.90. The molecular weight excluding hydrogens is 302 g/mol. The lowest BCUT2D eigenvalue weighted by atomic mass is 9.87. The minimum Gasteiger partial charge on any atom is -0.383 e. The van der Waals surface area contributed by atoms with E-state index in [2.05, 4.69) is 32.7 Å². The number of aromatic nitrogens is 1. The van der Waals surface area contributed by atoms with Crippen LogP contribution >= 0.6 is 0 Å². The molecule has 4 rings (SSSR count). The van der Waals surface area contributed by atoms with Crippen LogP contribution in [-0.2, 0) is 21.6 Å². The van der Waals surface area contributed by atoms with Gasteiger partial charge in [-0.15, -0.1) is 0 Å². The van der Waals surface area contributed by atoms with Gasteiger partial charge in [-0.25, -0.2) is 0 Å². The van der Waals surface area contributed by atoms with Gasteiger partial charge in [0.15, 0.2) is 0 Å². The molecule has 5 nitrogen and oxygen atoms in total. The maximum absolute atomic E-state index is 13.4. The summed E-state index contributed by atoms with van der Waals surface area (Å²) in [5.74, 6) is 0.560. The second kappa shape index (κ2) is 6.52. The van der Waals surface area contributed by atoms with Gasteiger partial charge in [0.1, 0.15) is 0 Å². The van der Waals surface area contributed by atoms with Crippen molar-refractivity contribution in [2.45, 2.75) is 44.2 Å². The highest BCUT2D eigenvalue weighted by molar-refractivity contribution is 5.80. The van der Waals surface area contributed by atoms with Crippen molar-refractivity contribution in [2.24, 2.45) is 5.92 Å². The highest BCUT2D eigenvalue weighted by Crippen LogP contribution is 2.46. The first-order chi connectivity index (χ1) is 11.7. The van der Waals surface area contributed by atoms with Crippen LogP contribution in [0.3, 0.4) is 0 Å². The van der Waals surface area contributed by atoms with Gasteiger partial charge in [-0.1, -0.05) is 12.8 Å². The van der Waals surface area contributed by atoms with Gasteiger partial charge in [-0.05, 0) is 37.9 Å². The van der Waals surface area contributed by atoms with Gasteiger partial charge in [-0.3, -0.25) is 4.79 Å². The van der Waals surface area contributed by atoms with Gasteiger partial charge < -0.3 is 19.1 Å². The number of carbonyl (C=O) groups is 1. The Morgan fingerprint density at radius 3 is 2.92 bits per heavy atom. The highest BCUT2D eigenvalue weighted by Gasteiger charge is 2.48. The molecule has 3 heterocycles. The normalized spacial score (nSPS) is 26.2. The number of nitrogens with zero attached hydrogens (tertiary/aromatic N) is 3. The van der Waals surface area contributed by atoms with Crippen molar-refractivity contribution in [1.29, 1.82) is 0 Å². The average molecular weight is 331 g/mol. The molecule has 1 amide bonds. The highest BCUT2D eigenvalue weighted by atomic mass is 16.5. The number of rotatable bonds is 4. The smallest absolute Gasteiger partial charge is 0.227 e. The Morgan fingerprint density at radius 1 is 1.29 bits per heavy atom. The molecule has 0 bridgehead atoms. The zero-order valence-electron chi connectivity index (χ0n) is 14.7. The molecule has 1 spiro atoms. The number of methoxy groups -OCH3 is 1. The van der Waals surface area contributed by atoms with E-state index in [-0.39, 0.29) is 11.5 Å². The summed E-state index contributed by atoms with van der Waals surface area (Å²) < 4.78 is 7.55. The largest absolute Gasteiger partial charge is 0.383 e. The van der Waals surface area contributed by atoms with E-state index in [9.17, 15) is 4.79 Å². The van der Waals surface area contributed by atoms with Crippen molar-refractivity contribution in [1.82, 2.24) is 14.4 Å². The molecule has 0 aromatic carbocycles. The zero-order chi connectivity index (χ0) is 16.6. The summed E-state index contributed by atoms with van der Waals surface area (Å²) in [6, 6.07) is 4.38. The average Bonchev–Trinajstić information content (AvgIpc) is 3.33. The van der Waals surface area contributed by atoms with E-state index in [1.165, 1.54) is 18.5 Å². The summed E-state index contributed by atoms with van der Waals surface area (Å²) in [4.78, 5) is 18.0. The number of carbonyl (C=O) groups excluding carboxylic acids is 1. The predicted octanol–water partition coefficient (Wildman–Crippen LogP) is 2.07.